The van der Waals surface area contributed by atoms with Crippen LogP contribution in [0.15, 0.2) is 48.5 Å². The van der Waals surface area contributed by atoms with Crippen molar-refractivity contribution in [3.8, 4) is 11.5 Å². The summed E-state index contributed by atoms with van der Waals surface area (Å²) in [7, 11) is 0. The lowest BCUT2D eigenvalue weighted by atomic mass is 10.3. The van der Waals surface area contributed by atoms with Gasteiger partial charge in [-0.05, 0) is 30.7 Å². The summed E-state index contributed by atoms with van der Waals surface area (Å²) >= 11 is 6.03. The molecular formula is C20H21ClN2O4. The molecule has 0 atom stereocenters. The lowest BCUT2D eigenvalue weighted by Gasteiger charge is -2.15. The van der Waals surface area contributed by atoms with Crippen LogP contribution in [0.5, 0.6) is 11.5 Å². The third-order valence-electron chi connectivity index (χ3n) is 4.07. The summed E-state index contributed by atoms with van der Waals surface area (Å²) < 4.78 is 11.2. The van der Waals surface area contributed by atoms with Crippen LogP contribution in [0.4, 0.5) is 5.69 Å². The molecule has 1 fully saturated rings. The molecule has 27 heavy (non-hydrogen) atoms. The van der Waals surface area contributed by atoms with Crippen LogP contribution < -0.4 is 14.8 Å². The number of halogens is 1. The number of carbonyl (C=O) groups is 2. The first-order chi connectivity index (χ1) is 13.1. The van der Waals surface area contributed by atoms with Gasteiger partial charge in [-0.3, -0.25) is 9.59 Å². The van der Waals surface area contributed by atoms with Crippen LogP contribution in [0.3, 0.4) is 0 Å². The summed E-state index contributed by atoms with van der Waals surface area (Å²) in [5, 5.41) is 3.35. The lowest BCUT2D eigenvalue weighted by molar-refractivity contribution is -0.131. The molecule has 142 valence electrons. The molecule has 0 saturated carbocycles. The largest absolute Gasteiger partial charge is 0.490 e. The Morgan fingerprint density at radius 2 is 1.93 bits per heavy atom. The first-order valence-electron chi connectivity index (χ1n) is 8.79. The van der Waals surface area contributed by atoms with Gasteiger partial charge in [0.1, 0.15) is 24.7 Å². The van der Waals surface area contributed by atoms with Gasteiger partial charge in [0, 0.05) is 24.7 Å². The van der Waals surface area contributed by atoms with E-state index in [4.69, 9.17) is 21.1 Å². The van der Waals surface area contributed by atoms with Crippen LogP contribution >= 0.6 is 11.6 Å². The Morgan fingerprint density at radius 3 is 2.70 bits per heavy atom. The van der Waals surface area contributed by atoms with Crippen molar-refractivity contribution in [3.05, 3.63) is 53.6 Å². The van der Waals surface area contributed by atoms with Crippen molar-refractivity contribution < 1.29 is 19.1 Å². The highest BCUT2D eigenvalue weighted by atomic mass is 35.5. The van der Waals surface area contributed by atoms with E-state index >= 15 is 0 Å². The Morgan fingerprint density at radius 1 is 1.11 bits per heavy atom. The van der Waals surface area contributed by atoms with E-state index in [9.17, 15) is 9.59 Å². The molecule has 1 aliphatic heterocycles. The van der Waals surface area contributed by atoms with Gasteiger partial charge in [-0.25, -0.2) is 0 Å². The third-order valence-corrected chi connectivity index (χ3v) is 4.38. The average Bonchev–Trinajstić information content (AvgIpc) is 3.05. The third kappa shape index (κ3) is 5.62. The quantitative estimate of drug-likeness (QED) is 0.704. The van der Waals surface area contributed by atoms with E-state index in [2.05, 4.69) is 5.32 Å². The Labute approximate surface area is 163 Å². The van der Waals surface area contributed by atoms with Gasteiger partial charge in [0.2, 0.25) is 11.8 Å². The summed E-state index contributed by atoms with van der Waals surface area (Å²) in [5.41, 5.74) is 0.621. The molecule has 3 rings (SSSR count). The van der Waals surface area contributed by atoms with Crippen molar-refractivity contribution in [2.45, 2.75) is 12.8 Å². The van der Waals surface area contributed by atoms with Crippen LogP contribution in [0.2, 0.25) is 5.02 Å². The van der Waals surface area contributed by atoms with Gasteiger partial charge < -0.3 is 19.7 Å². The van der Waals surface area contributed by atoms with Gasteiger partial charge in [0.25, 0.3) is 0 Å². The summed E-state index contributed by atoms with van der Waals surface area (Å²) in [6.45, 7) is 1.40. The molecule has 6 nitrogen and oxygen atoms in total. The normalized spacial score (nSPS) is 13.5. The first kappa shape index (κ1) is 19.0. The zero-order valence-electron chi connectivity index (χ0n) is 14.8. The summed E-state index contributed by atoms with van der Waals surface area (Å²) in [6, 6.07) is 14.4. The number of amides is 2. The predicted octanol–water partition coefficient (Wildman–Crippen LogP) is 3.36. The number of rotatable bonds is 8. The minimum Gasteiger partial charge on any atom is -0.490 e. The number of nitrogens with one attached hydrogen (secondary N) is 1. The predicted molar refractivity (Wildman–Crippen MR) is 103 cm³/mol. The molecule has 7 heteroatoms. The topological polar surface area (TPSA) is 67.9 Å². The molecular weight excluding hydrogens is 368 g/mol. The van der Waals surface area contributed by atoms with Crippen molar-refractivity contribution in [2.75, 3.05) is 31.6 Å². The molecule has 1 N–H and O–H groups in total. The second kappa shape index (κ2) is 9.28. The second-order valence-electron chi connectivity index (χ2n) is 6.12. The fraction of sp³-hybridized carbons (Fsp3) is 0.300. The number of nitrogens with zero attached hydrogens (tertiary/aromatic N) is 1. The molecule has 1 saturated heterocycles. The standard InChI is InChI=1S/C20H21ClN2O4/c21-17-7-1-2-8-18(17)27-12-11-26-16-6-3-5-15(13-16)22-19(24)14-23-10-4-9-20(23)25/h1-3,5-8,13H,4,9-12,14H2,(H,22,24). The van der Waals surface area contributed by atoms with Crippen molar-refractivity contribution in [1.29, 1.82) is 0 Å². The van der Waals surface area contributed by atoms with E-state index in [-0.39, 0.29) is 18.4 Å². The molecule has 0 spiro atoms. The molecule has 1 aliphatic rings. The molecule has 2 amide bonds. The number of anilines is 1. The maximum atomic E-state index is 12.1. The smallest absolute Gasteiger partial charge is 0.243 e. The van der Waals surface area contributed by atoms with E-state index in [1.165, 1.54) is 0 Å². The first-order valence-corrected chi connectivity index (χ1v) is 9.17. The van der Waals surface area contributed by atoms with Gasteiger partial charge in [-0.1, -0.05) is 29.8 Å². The Hall–Kier alpha value is -2.73. The number of likely N-dealkylation sites (tertiary alicyclic amines) is 1. The Balaban J connectivity index is 1.45. The number of hydrogen-bond donors (Lipinski definition) is 1. The average molecular weight is 389 g/mol. The Kier molecular flexibility index (Phi) is 6.54. The number of para-hydroxylation sites is 1. The second-order valence-corrected chi connectivity index (χ2v) is 6.53. The molecule has 2 aromatic rings. The highest BCUT2D eigenvalue weighted by Gasteiger charge is 2.22. The van der Waals surface area contributed by atoms with Crippen molar-refractivity contribution in [1.82, 2.24) is 4.90 Å². The van der Waals surface area contributed by atoms with Gasteiger partial charge in [-0.15, -0.1) is 0 Å². The number of benzene rings is 2. The molecule has 1 heterocycles. The van der Waals surface area contributed by atoms with Gasteiger partial charge in [-0.2, -0.15) is 0 Å². The molecule has 0 bridgehead atoms. The number of carbonyl (C=O) groups excluding carboxylic acids is 2. The van der Waals surface area contributed by atoms with Crippen molar-refractivity contribution >= 4 is 29.1 Å². The Bertz CT molecular complexity index is 812. The molecule has 0 aliphatic carbocycles. The number of hydrogen-bond acceptors (Lipinski definition) is 4. The van der Waals surface area contributed by atoms with Crippen LogP contribution in [-0.4, -0.2) is 43.0 Å². The minimum absolute atomic E-state index is 0.0285. The van der Waals surface area contributed by atoms with Crippen LogP contribution in [0.1, 0.15) is 12.8 Å². The number of ether oxygens (including phenoxy) is 2. The maximum Gasteiger partial charge on any atom is 0.243 e. The summed E-state index contributed by atoms with van der Waals surface area (Å²) in [6.07, 6.45) is 1.33. The lowest BCUT2D eigenvalue weighted by Crippen LogP contribution is -2.33. The zero-order valence-corrected chi connectivity index (χ0v) is 15.6. The SMILES string of the molecule is O=C(CN1CCCC1=O)Nc1cccc(OCCOc2ccccc2Cl)c1. The van der Waals surface area contributed by atoms with Gasteiger partial charge in [0.05, 0.1) is 11.6 Å². The molecule has 0 radical (unpaired) electrons. The van der Waals surface area contributed by atoms with Gasteiger partial charge >= 0.3 is 0 Å². The monoisotopic (exact) mass is 388 g/mol. The summed E-state index contributed by atoms with van der Waals surface area (Å²) in [5.74, 6) is 1.04. The highest BCUT2D eigenvalue weighted by molar-refractivity contribution is 6.32. The highest BCUT2D eigenvalue weighted by Crippen LogP contribution is 2.23. The summed E-state index contributed by atoms with van der Waals surface area (Å²) in [4.78, 5) is 25.3. The van der Waals surface area contributed by atoms with E-state index in [0.717, 1.165) is 6.42 Å². The fourth-order valence-corrected chi connectivity index (χ4v) is 2.97. The van der Waals surface area contributed by atoms with E-state index in [1.807, 2.05) is 12.1 Å². The fourth-order valence-electron chi connectivity index (χ4n) is 2.78. The van der Waals surface area contributed by atoms with Crippen molar-refractivity contribution in [3.63, 3.8) is 0 Å². The molecule has 0 unspecified atom stereocenters. The zero-order chi connectivity index (χ0) is 19.1. The minimum atomic E-state index is -0.218. The van der Waals surface area contributed by atoms with Gasteiger partial charge in [0.15, 0.2) is 0 Å². The van der Waals surface area contributed by atoms with Crippen LogP contribution in [0, 0.1) is 0 Å². The van der Waals surface area contributed by atoms with E-state index < -0.39 is 0 Å². The molecule has 2 aromatic carbocycles. The van der Waals surface area contributed by atoms with Crippen LogP contribution in [0.25, 0.3) is 0 Å². The van der Waals surface area contributed by atoms with Crippen LogP contribution in [-0.2, 0) is 9.59 Å². The van der Waals surface area contributed by atoms with E-state index in [0.29, 0.717) is 48.4 Å². The van der Waals surface area contributed by atoms with E-state index in [1.54, 1.807) is 41.3 Å². The maximum absolute atomic E-state index is 12.1. The molecule has 0 aromatic heterocycles. The van der Waals surface area contributed by atoms with Crippen molar-refractivity contribution in [2.24, 2.45) is 0 Å².